The van der Waals surface area contributed by atoms with Gasteiger partial charge in [-0.05, 0) is 67.1 Å². The van der Waals surface area contributed by atoms with Crippen molar-refractivity contribution in [2.75, 3.05) is 0 Å². The van der Waals surface area contributed by atoms with E-state index in [1.807, 2.05) is 26.0 Å². The van der Waals surface area contributed by atoms with Crippen LogP contribution in [0.5, 0.6) is 0 Å². The van der Waals surface area contributed by atoms with Crippen molar-refractivity contribution in [3.05, 3.63) is 101 Å². The molecule has 0 bridgehead atoms. The first-order valence-corrected chi connectivity index (χ1v) is 11.9. The number of hydrogen-bond donors (Lipinski definition) is 0. The fourth-order valence-corrected chi connectivity index (χ4v) is 5.08. The van der Waals surface area contributed by atoms with Crippen molar-refractivity contribution in [1.82, 2.24) is 9.88 Å². The fraction of sp³-hybridized carbons (Fsp3) is 0.357. The molecule has 1 aliphatic rings. The van der Waals surface area contributed by atoms with Crippen LogP contribution in [0.2, 0.25) is 0 Å². The maximum absolute atomic E-state index is 13.9. The number of pyridine rings is 1. The van der Waals surface area contributed by atoms with Crippen LogP contribution in [0.15, 0.2) is 66.7 Å². The van der Waals surface area contributed by atoms with E-state index in [0.29, 0.717) is 12.0 Å². The Hall–Kier alpha value is -3.22. The summed E-state index contributed by atoms with van der Waals surface area (Å²) in [5.41, 5.74) is 2.29. The lowest BCUT2D eigenvalue weighted by Gasteiger charge is -2.36. The minimum Gasteiger partial charge on any atom is -0.333 e. The van der Waals surface area contributed by atoms with Gasteiger partial charge in [0.1, 0.15) is 11.5 Å². The molecule has 184 valence electrons. The van der Waals surface area contributed by atoms with E-state index >= 15 is 0 Å². The van der Waals surface area contributed by atoms with Crippen molar-refractivity contribution in [2.45, 2.75) is 63.7 Å². The van der Waals surface area contributed by atoms with Crippen LogP contribution in [0.4, 0.5) is 17.6 Å². The lowest BCUT2D eigenvalue weighted by molar-refractivity contribution is -0.141. The molecule has 7 heteroatoms. The van der Waals surface area contributed by atoms with E-state index in [-0.39, 0.29) is 30.1 Å². The summed E-state index contributed by atoms with van der Waals surface area (Å²) in [6.45, 7) is 3.79. The maximum atomic E-state index is 13.9. The lowest BCUT2D eigenvalue weighted by Crippen LogP contribution is -2.43. The monoisotopic (exact) mass is 484 g/mol. The summed E-state index contributed by atoms with van der Waals surface area (Å²) < 4.78 is 53.4. The third kappa shape index (κ3) is 5.39. The molecule has 0 radical (unpaired) electrons. The number of aromatic nitrogens is 1. The van der Waals surface area contributed by atoms with Gasteiger partial charge in [0, 0.05) is 12.0 Å². The first-order chi connectivity index (χ1) is 16.7. The number of carbonyl (C=O) groups excluding carboxylic acids is 1. The Balaban J connectivity index is 1.70. The van der Waals surface area contributed by atoms with E-state index in [0.717, 1.165) is 18.9 Å². The quantitative estimate of drug-likeness (QED) is 0.343. The zero-order valence-electron chi connectivity index (χ0n) is 19.7. The van der Waals surface area contributed by atoms with E-state index in [1.54, 1.807) is 17.0 Å². The largest absolute Gasteiger partial charge is 0.433 e. The number of aryl methyl sites for hydroxylation is 1. The highest BCUT2D eigenvalue weighted by Crippen LogP contribution is 2.39. The van der Waals surface area contributed by atoms with Gasteiger partial charge < -0.3 is 4.90 Å². The number of benzene rings is 2. The molecule has 1 amide bonds. The van der Waals surface area contributed by atoms with Gasteiger partial charge in [0.25, 0.3) is 0 Å². The highest BCUT2D eigenvalue weighted by molar-refractivity contribution is 5.84. The summed E-state index contributed by atoms with van der Waals surface area (Å²) in [6, 6.07) is 17.4. The summed E-state index contributed by atoms with van der Waals surface area (Å²) in [5, 5.41) is 0. The summed E-state index contributed by atoms with van der Waals surface area (Å²) in [7, 11) is 0. The van der Waals surface area contributed by atoms with Gasteiger partial charge in [-0.15, -0.1) is 0 Å². The predicted molar refractivity (Wildman–Crippen MR) is 126 cm³/mol. The summed E-state index contributed by atoms with van der Waals surface area (Å²) in [6.07, 6.45) is -2.34. The third-order valence-corrected chi connectivity index (χ3v) is 6.94. The molecule has 3 nitrogen and oxygen atoms in total. The normalized spacial score (nSPS) is 17.0. The van der Waals surface area contributed by atoms with Gasteiger partial charge >= 0.3 is 6.18 Å². The van der Waals surface area contributed by atoms with Gasteiger partial charge in [0.15, 0.2) is 0 Å². The molecule has 0 saturated heterocycles. The van der Waals surface area contributed by atoms with Gasteiger partial charge in [-0.1, -0.05) is 49.4 Å². The molecule has 4 rings (SSSR count). The summed E-state index contributed by atoms with van der Waals surface area (Å²) in [4.78, 5) is 19.4. The Bertz CT molecular complexity index is 1180. The molecule has 0 saturated carbocycles. The molecule has 1 heterocycles. The molecular weight excluding hydrogens is 456 g/mol. The van der Waals surface area contributed by atoms with Crippen molar-refractivity contribution >= 4 is 5.91 Å². The second kappa shape index (κ2) is 10.2. The molecule has 0 spiro atoms. The highest BCUT2D eigenvalue weighted by atomic mass is 19.4. The SMILES string of the molecule is CCC(C(=O)N(Cc1cccc(C(F)(F)F)n1)C(C)C1CCc2ccccc21)c1ccc(F)cc1. The number of fused-ring (bicyclic) bond motifs is 1. The van der Waals surface area contributed by atoms with Crippen LogP contribution in [0.3, 0.4) is 0 Å². The van der Waals surface area contributed by atoms with Crippen LogP contribution in [0.1, 0.15) is 66.6 Å². The first-order valence-electron chi connectivity index (χ1n) is 11.9. The van der Waals surface area contributed by atoms with Crippen molar-refractivity contribution in [1.29, 1.82) is 0 Å². The van der Waals surface area contributed by atoms with Gasteiger partial charge in [-0.3, -0.25) is 4.79 Å². The van der Waals surface area contributed by atoms with E-state index in [4.69, 9.17) is 0 Å². The standard InChI is InChI=1S/C28H28F4N2O/c1-3-23(20-11-14-21(29)15-12-20)27(35)34(17-22-8-6-10-26(33-22)28(30,31)32)18(2)24-16-13-19-7-4-5-9-25(19)24/h4-12,14-15,18,23-24H,3,13,16-17H2,1-2H3. The average Bonchev–Trinajstić information content (AvgIpc) is 3.27. The van der Waals surface area contributed by atoms with E-state index in [2.05, 4.69) is 17.1 Å². The zero-order valence-corrected chi connectivity index (χ0v) is 19.7. The van der Waals surface area contributed by atoms with Gasteiger partial charge in [0.05, 0.1) is 18.2 Å². The number of amides is 1. The molecule has 3 unspecified atom stereocenters. The van der Waals surface area contributed by atoms with Crippen LogP contribution in [-0.2, 0) is 23.9 Å². The van der Waals surface area contributed by atoms with Crippen LogP contribution in [0.25, 0.3) is 0 Å². The molecule has 3 aromatic rings. The number of nitrogens with zero attached hydrogens (tertiary/aromatic N) is 2. The Morgan fingerprint density at radius 2 is 1.77 bits per heavy atom. The Labute approximate surface area is 202 Å². The molecule has 0 aliphatic heterocycles. The highest BCUT2D eigenvalue weighted by Gasteiger charge is 2.36. The molecule has 2 aromatic carbocycles. The molecular formula is C28H28F4N2O. The van der Waals surface area contributed by atoms with Crippen molar-refractivity contribution in [2.24, 2.45) is 0 Å². The Morgan fingerprint density at radius 1 is 1.06 bits per heavy atom. The molecule has 1 aromatic heterocycles. The molecule has 0 N–H and O–H groups in total. The lowest BCUT2D eigenvalue weighted by atomic mass is 9.90. The minimum absolute atomic E-state index is 0.0414. The number of carbonyl (C=O) groups is 1. The molecule has 1 aliphatic carbocycles. The topological polar surface area (TPSA) is 33.2 Å². The number of hydrogen-bond acceptors (Lipinski definition) is 2. The van der Waals surface area contributed by atoms with E-state index < -0.39 is 23.6 Å². The second-order valence-corrected chi connectivity index (χ2v) is 9.08. The summed E-state index contributed by atoms with van der Waals surface area (Å²) in [5.74, 6) is -1.07. The first kappa shape index (κ1) is 24.9. The Morgan fingerprint density at radius 3 is 2.46 bits per heavy atom. The average molecular weight is 485 g/mol. The fourth-order valence-electron chi connectivity index (χ4n) is 5.08. The Kier molecular flexibility index (Phi) is 7.24. The number of alkyl halides is 3. The van der Waals surface area contributed by atoms with E-state index in [9.17, 15) is 22.4 Å². The molecule has 0 fully saturated rings. The minimum atomic E-state index is -4.57. The smallest absolute Gasteiger partial charge is 0.333 e. The molecule has 35 heavy (non-hydrogen) atoms. The summed E-state index contributed by atoms with van der Waals surface area (Å²) >= 11 is 0. The second-order valence-electron chi connectivity index (χ2n) is 9.08. The van der Waals surface area contributed by atoms with Gasteiger partial charge in [0.2, 0.25) is 5.91 Å². The van der Waals surface area contributed by atoms with Crippen LogP contribution in [0, 0.1) is 5.82 Å². The maximum Gasteiger partial charge on any atom is 0.433 e. The number of halogens is 4. The van der Waals surface area contributed by atoms with Crippen LogP contribution < -0.4 is 0 Å². The van der Waals surface area contributed by atoms with E-state index in [1.165, 1.54) is 35.4 Å². The van der Waals surface area contributed by atoms with Crippen molar-refractivity contribution < 1.29 is 22.4 Å². The van der Waals surface area contributed by atoms with Gasteiger partial charge in [-0.2, -0.15) is 13.2 Å². The van der Waals surface area contributed by atoms with Gasteiger partial charge in [-0.25, -0.2) is 9.37 Å². The predicted octanol–water partition coefficient (Wildman–Crippen LogP) is 6.88. The van der Waals surface area contributed by atoms with Crippen LogP contribution in [-0.4, -0.2) is 21.8 Å². The van der Waals surface area contributed by atoms with Crippen molar-refractivity contribution in [3.8, 4) is 0 Å². The number of rotatable bonds is 7. The molecule has 3 atom stereocenters. The van der Waals surface area contributed by atoms with Crippen molar-refractivity contribution in [3.63, 3.8) is 0 Å². The third-order valence-electron chi connectivity index (χ3n) is 6.94. The van der Waals surface area contributed by atoms with Crippen LogP contribution >= 0.6 is 0 Å². The zero-order chi connectivity index (χ0) is 25.2.